The second kappa shape index (κ2) is 7.20. The van der Waals surface area contributed by atoms with E-state index in [0.29, 0.717) is 15.7 Å². The molecule has 0 fully saturated rings. The molecule has 0 spiro atoms. The first kappa shape index (κ1) is 18.9. The van der Waals surface area contributed by atoms with Gasteiger partial charge in [-0.05, 0) is 49.6 Å². The standard InChI is InChI=1S/C19H15ClN4O2S2/c1-12-9-16(13-5-4-8-21-11-13)24-18(22-12)17(19(23-24)27-2)28(25,26)15-7-3-6-14(20)10-15/h3-11H,1-2H3. The molecule has 3 heterocycles. The van der Waals surface area contributed by atoms with E-state index >= 15 is 0 Å². The van der Waals surface area contributed by atoms with E-state index in [2.05, 4.69) is 15.1 Å². The zero-order valence-electron chi connectivity index (χ0n) is 15.0. The summed E-state index contributed by atoms with van der Waals surface area (Å²) < 4.78 is 28.4. The summed E-state index contributed by atoms with van der Waals surface area (Å²) in [4.78, 5) is 8.84. The van der Waals surface area contributed by atoms with Crippen molar-refractivity contribution in [2.75, 3.05) is 6.26 Å². The van der Waals surface area contributed by atoms with Crippen LogP contribution in [-0.4, -0.2) is 34.3 Å². The second-order valence-electron chi connectivity index (χ2n) is 6.06. The lowest BCUT2D eigenvalue weighted by Gasteiger charge is -2.07. The van der Waals surface area contributed by atoms with Crippen molar-refractivity contribution in [3.8, 4) is 11.3 Å². The molecule has 9 heteroatoms. The molecule has 4 aromatic rings. The Morgan fingerprint density at radius 2 is 1.96 bits per heavy atom. The predicted octanol–water partition coefficient (Wildman–Crippen LogP) is 4.31. The lowest BCUT2D eigenvalue weighted by molar-refractivity contribution is 0.594. The number of rotatable bonds is 4. The average molecular weight is 431 g/mol. The Kier molecular flexibility index (Phi) is 4.86. The maximum atomic E-state index is 13.4. The summed E-state index contributed by atoms with van der Waals surface area (Å²) in [5, 5.41) is 5.27. The maximum absolute atomic E-state index is 13.4. The lowest BCUT2D eigenvalue weighted by atomic mass is 10.2. The van der Waals surface area contributed by atoms with Crippen LogP contribution in [0.25, 0.3) is 16.9 Å². The summed E-state index contributed by atoms with van der Waals surface area (Å²) in [5.74, 6) is 0. The van der Waals surface area contributed by atoms with Gasteiger partial charge in [0.15, 0.2) is 10.5 Å². The van der Waals surface area contributed by atoms with E-state index in [1.54, 1.807) is 35.3 Å². The van der Waals surface area contributed by atoms with Gasteiger partial charge in [0.2, 0.25) is 9.84 Å². The smallest absolute Gasteiger partial charge is 0.213 e. The fourth-order valence-electron chi connectivity index (χ4n) is 2.94. The zero-order valence-corrected chi connectivity index (χ0v) is 17.4. The molecule has 0 N–H and O–H groups in total. The minimum absolute atomic E-state index is 0.0797. The fourth-order valence-corrected chi connectivity index (χ4v) is 5.63. The van der Waals surface area contributed by atoms with Crippen molar-refractivity contribution in [2.45, 2.75) is 21.7 Å². The van der Waals surface area contributed by atoms with Crippen LogP contribution in [0.3, 0.4) is 0 Å². The number of fused-ring (bicyclic) bond motifs is 1. The van der Waals surface area contributed by atoms with Gasteiger partial charge in [-0.3, -0.25) is 4.98 Å². The van der Waals surface area contributed by atoms with Crippen molar-refractivity contribution in [3.05, 3.63) is 65.6 Å². The van der Waals surface area contributed by atoms with E-state index in [9.17, 15) is 8.42 Å². The number of hydrogen-bond acceptors (Lipinski definition) is 6. The van der Waals surface area contributed by atoms with Crippen LogP contribution in [0.15, 0.2) is 69.7 Å². The number of thioether (sulfide) groups is 1. The van der Waals surface area contributed by atoms with Crippen molar-refractivity contribution in [2.24, 2.45) is 0 Å². The van der Waals surface area contributed by atoms with E-state index in [0.717, 1.165) is 11.3 Å². The lowest BCUT2D eigenvalue weighted by Crippen LogP contribution is -2.05. The first-order valence-electron chi connectivity index (χ1n) is 8.27. The van der Waals surface area contributed by atoms with Crippen molar-refractivity contribution in [1.82, 2.24) is 19.6 Å². The van der Waals surface area contributed by atoms with Crippen molar-refractivity contribution in [1.29, 1.82) is 0 Å². The summed E-state index contributed by atoms with van der Waals surface area (Å²) in [5.41, 5.74) is 2.50. The van der Waals surface area contributed by atoms with Gasteiger partial charge in [-0.1, -0.05) is 17.7 Å². The van der Waals surface area contributed by atoms with Gasteiger partial charge in [0, 0.05) is 28.7 Å². The summed E-state index contributed by atoms with van der Waals surface area (Å²) in [6.45, 7) is 1.82. The normalized spacial score (nSPS) is 11.8. The van der Waals surface area contributed by atoms with Crippen LogP contribution in [0.4, 0.5) is 0 Å². The molecular weight excluding hydrogens is 416 g/mol. The van der Waals surface area contributed by atoms with Crippen LogP contribution in [0.1, 0.15) is 5.69 Å². The number of hydrogen-bond donors (Lipinski definition) is 0. The molecule has 1 aromatic carbocycles. The molecule has 0 amide bonds. The largest absolute Gasteiger partial charge is 0.264 e. The molecule has 4 rings (SSSR count). The SMILES string of the molecule is CSc1nn2c(-c3cccnc3)cc(C)nc2c1S(=O)(=O)c1cccc(Cl)c1. The third kappa shape index (κ3) is 3.17. The molecular formula is C19H15ClN4O2S2. The Morgan fingerprint density at radius 1 is 1.14 bits per heavy atom. The Labute approximate surface area is 171 Å². The van der Waals surface area contributed by atoms with E-state index in [4.69, 9.17) is 11.6 Å². The molecule has 3 aromatic heterocycles. The highest BCUT2D eigenvalue weighted by molar-refractivity contribution is 7.99. The maximum Gasteiger partial charge on any atom is 0.213 e. The molecule has 142 valence electrons. The van der Waals surface area contributed by atoms with Crippen molar-refractivity contribution < 1.29 is 8.42 Å². The summed E-state index contributed by atoms with van der Waals surface area (Å²) in [7, 11) is -3.87. The molecule has 0 saturated heterocycles. The van der Waals surface area contributed by atoms with Crippen LogP contribution >= 0.6 is 23.4 Å². The third-order valence-electron chi connectivity index (χ3n) is 4.17. The van der Waals surface area contributed by atoms with E-state index in [1.807, 2.05) is 25.1 Å². The minimum Gasteiger partial charge on any atom is -0.264 e. The molecule has 0 atom stereocenters. The number of sulfone groups is 1. The van der Waals surface area contributed by atoms with Gasteiger partial charge in [0.25, 0.3) is 0 Å². The average Bonchev–Trinajstić information content (AvgIpc) is 3.07. The molecule has 0 bridgehead atoms. The van der Waals surface area contributed by atoms with Gasteiger partial charge in [-0.2, -0.15) is 5.10 Å². The fraction of sp³-hybridized carbons (Fsp3) is 0.105. The third-order valence-corrected chi connectivity index (χ3v) is 7.00. The summed E-state index contributed by atoms with van der Waals surface area (Å²) in [6, 6.07) is 11.8. The highest BCUT2D eigenvalue weighted by atomic mass is 35.5. The van der Waals surface area contributed by atoms with Gasteiger partial charge in [-0.15, -0.1) is 11.8 Å². The quantitative estimate of drug-likeness (QED) is 0.449. The predicted molar refractivity (Wildman–Crippen MR) is 110 cm³/mol. The van der Waals surface area contributed by atoms with Crippen LogP contribution in [0, 0.1) is 6.92 Å². The summed E-state index contributed by atoms with van der Waals surface area (Å²) in [6.07, 6.45) is 5.18. The number of nitrogens with zero attached hydrogens (tertiary/aromatic N) is 4. The molecule has 0 aliphatic carbocycles. The molecule has 28 heavy (non-hydrogen) atoms. The highest BCUT2D eigenvalue weighted by Gasteiger charge is 2.29. The molecule has 0 aliphatic rings. The zero-order chi connectivity index (χ0) is 19.9. The van der Waals surface area contributed by atoms with Gasteiger partial charge in [0.1, 0.15) is 5.03 Å². The first-order valence-corrected chi connectivity index (χ1v) is 11.4. The summed E-state index contributed by atoms with van der Waals surface area (Å²) >= 11 is 7.28. The van der Waals surface area contributed by atoms with Gasteiger partial charge in [0.05, 0.1) is 10.6 Å². The van der Waals surface area contributed by atoms with Crippen LogP contribution in [-0.2, 0) is 9.84 Å². The Hall–Kier alpha value is -2.42. The molecule has 0 radical (unpaired) electrons. The van der Waals surface area contributed by atoms with E-state index in [1.165, 1.54) is 23.9 Å². The first-order chi connectivity index (χ1) is 13.4. The van der Waals surface area contributed by atoms with Crippen molar-refractivity contribution in [3.63, 3.8) is 0 Å². The topological polar surface area (TPSA) is 77.2 Å². The number of benzene rings is 1. The Morgan fingerprint density at radius 3 is 2.64 bits per heavy atom. The minimum atomic E-state index is -3.87. The number of halogens is 1. The van der Waals surface area contributed by atoms with Gasteiger partial charge < -0.3 is 0 Å². The van der Waals surface area contributed by atoms with Gasteiger partial charge in [-0.25, -0.2) is 17.9 Å². The number of aromatic nitrogens is 4. The van der Waals surface area contributed by atoms with Crippen molar-refractivity contribution >= 4 is 38.8 Å². The van der Waals surface area contributed by atoms with Gasteiger partial charge >= 0.3 is 0 Å². The van der Waals surface area contributed by atoms with Crippen LogP contribution in [0.2, 0.25) is 5.02 Å². The molecule has 0 saturated carbocycles. The molecule has 0 unspecified atom stereocenters. The number of aryl methyl sites for hydroxylation is 1. The van der Waals surface area contributed by atoms with Crippen LogP contribution in [0.5, 0.6) is 0 Å². The Balaban J connectivity index is 2.06. The van der Waals surface area contributed by atoms with E-state index in [-0.39, 0.29) is 15.4 Å². The number of pyridine rings is 1. The highest BCUT2D eigenvalue weighted by Crippen LogP contribution is 2.34. The Bertz CT molecular complexity index is 1290. The monoisotopic (exact) mass is 430 g/mol. The molecule has 6 nitrogen and oxygen atoms in total. The van der Waals surface area contributed by atoms with Crippen LogP contribution < -0.4 is 0 Å². The second-order valence-corrected chi connectivity index (χ2v) is 9.18. The molecule has 0 aliphatic heterocycles. The van der Waals surface area contributed by atoms with E-state index < -0.39 is 9.84 Å².